The first-order valence-corrected chi connectivity index (χ1v) is 10.3. The highest BCUT2D eigenvalue weighted by Crippen LogP contribution is 2.22. The fraction of sp³-hybridized carbons (Fsp3) is 0.364. The van der Waals surface area contributed by atoms with Crippen LogP contribution in [0.25, 0.3) is 11.6 Å². The number of aliphatic imine (C=N–C) groups is 1. The third-order valence-corrected chi connectivity index (χ3v) is 4.76. The molecule has 7 nitrogen and oxygen atoms in total. The summed E-state index contributed by atoms with van der Waals surface area (Å²) in [6.45, 7) is 5.83. The van der Waals surface area contributed by atoms with Gasteiger partial charge in [0.2, 0.25) is 0 Å². The Morgan fingerprint density at radius 2 is 2.00 bits per heavy atom. The molecule has 0 aliphatic rings. The zero-order valence-electron chi connectivity index (χ0n) is 17.9. The summed E-state index contributed by atoms with van der Waals surface area (Å²) in [5.74, 6) is 1.79. The molecule has 0 fully saturated rings. The van der Waals surface area contributed by atoms with E-state index in [4.69, 9.17) is 16.1 Å². The minimum Gasteiger partial charge on any atom is -0.356 e. The van der Waals surface area contributed by atoms with Crippen molar-refractivity contribution in [3.8, 4) is 11.6 Å². The molecular formula is C22H28ClIN6O. The van der Waals surface area contributed by atoms with Gasteiger partial charge in [-0.2, -0.15) is 4.98 Å². The Kier molecular flexibility index (Phi) is 9.70. The number of guanidine groups is 1. The fourth-order valence-electron chi connectivity index (χ4n) is 3.05. The Labute approximate surface area is 205 Å². The quantitative estimate of drug-likeness (QED) is 0.244. The van der Waals surface area contributed by atoms with Gasteiger partial charge in [0, 0.05) is 37.8 Å². The van der Waals surface area contributed by atoms with E-state index in [1.165, 1.54) is 5.56 Å². The maximum Gasteiger partial charge on any atom is 0.276 e. The van der Waals surface area contributed by atoms with Gasteiger partial charge in [-0.1, -0.05) is 48.8 Å². The van der Waals surface area contributed by atoms with Crippen LogP contribution >= 0.6 is 35.6 Å². The second-order valence-corrected chi connectivity index (χ2v) is 8.24. The maximum atomic E-state index is 6.10. The van der Waals surface area contributed by atoms with Crippen molar-refractivity contribution in [2.75, 3.05) is 20.1 Å². The summed E-state index contributed by atoms with van der Waals surface area (Å²) >= 11 is 6.10. The van der Waals surface area contributed by atoms with E-state index in [1.54, 1.807) is 13.2 Å². The van der Waals surface area contributed by atoms with E-state index in [1.807, 2.05) is 36.4 Å². The van der Waals surface area contributed by atoms with E-state index < -0.39 is 0 Å². The van der Waals surface area contributed by atoms with Crippen molar-refractivity contribution >= 4 is 41.5 Å². The molecule has 1 aromatic carbocycles. The molecular weight excluding hydrogens is 527 g/mol. The van der Waals surface area contributed by atoms with Crippen molar-refractivity contribution in [1.29, 1.82) is 0 Å². The molecule has 2 aromatic heterocycles. The van der Waals surface area contributed by atoms with Gasteiger partial charge >= 0.3 is 0 Å². The molecule has 0 aliphatic carbocycles. The zero-order valence-corrected chi connectivity index (χ0v) is 21.0. The molecule has 2 N–H and O–H groups in total. The molecule has 0 atom stereocenters. The van der Waals surface area contributed by atoms with Crippen molar-refractivity contribution in [3.05, 3.63) is 65.1 Å². The average Bonchev–Trinajstić information content (AvgIpc) is 3.20. The highest BCUT2D eigenvalue weighted by atomic mass is 127. The molecule has 31 heavy (non-hydrogen) atoms. The standard InChI is InChI=1S/C22H27ClN6O.HI/c1-22(2,14-16-7-6-8-17(23)13-16)15-27-21(24-3)26-12-10-19-28-20(30-29-19)18-9-4-5-11-25-18;/h4-9,11,13H,10,12,14-15H2,1-3H3,(H2,24,26,27);1H. The van der Waals surface area contributed by atoms with E-state index in [9.17, 15) is 0 Å². The Balaban J connectivity index is 0.00000341. The van der Waals surface area contributed by atoms with Crippen LogP contribution in [-0.2, 0) is 12.8 Å². The van der Waals surface area contributed by atoms with Crippen LogP contribution in [0.1, 0.15) is 25.2 Å². The van der Waals surface area contributed by atoms with Gasteiger partial charge in [-0.15, -0.1) is 24.0 Å². The van der Waals surface area contributed by atoms with E-state index in [2.05, 4.69) is 50.7 Å². The van der Waals surface area contributed by atoms with Crippen molar-refractivity contribution in [2.24, 2.45) is 10.4 Å². The number of halogens is 2. The Morgan fingerprint density at radius 3 is 2.71 bits per heavy atom. The zero-order chi connectivity index (χ0) is 21.4. The molecule has 2 heterocycles. The molecule has 0 amide bonds. The van der Waals surface area contributed by atoms with Crippen LogP contribution in [-0.4, -0.2) is 41.2 Å². The Bertz CT molecular complexity index is 977. The molecule has 0 aliphatic heterocycles. The molecule has 3 rings (SSSR count). The third kappa shape index (κ3) is 8.10. The number of aromatic nitrogens is 3. The third-order valence-electron chi connectivity index (χ3n) is 4.52. The number of nitrogens with zero attached hydrogens (tertiary/aromatic N) is 4. The van der Waals surface area contributed by atoms with Crippen LogP contribution in [0, 0.1) is 5.41 Å². The minimum atomic E-state index is 0. The maximum absolute atomic E-state index is 6.10. The largest absolute Gasteiger partial charge is 0.356 e. The lowest BCUT2D eigenvalue weighted by Crippen LogP contribution is -2.43. The van der Waals surface area contributed by atoms with Gasteiger partial charge in [0.1, 0.15) is 5.69 Å². The van der Waals surface area contributed by atoms with Gasteiger partial charge in [0.25, 0.3) is 5.89 Å². The predicted molar refractivity (Wildman–Crippen MR) is 135 cm³/mol. The van der Waals surface area contributed by atoms with Gasteiger partial charge in [-0.05, 0) is 41.7 Å². The number of hydrogen-bond acceptors (Lipinski definition) is 5. The summed E-state index contributed by atoms with van der Waals surface area (Å²) in [6, 6.07) is 13.6. The van der Waals surface area contributed by atoms with Crippen molar-refractivity contribution in [1.82, 2.24) is 25.8 Å². The van der Waals surface area contributed by atoms with Crippen molar-refractivity contribution in [2.45, 2.75) is 26.7 Å². The van der Waals surface area contributed by atoms with Crippen LogP contribution in [0.15, 0.2) is 58.2 Å². The first kappa shape index (κ1) is 25.1. The monoisotopic (exact) mass is 554 g/mol. The van der Waals surface area contributed by atoms with Gasteiger partial charge in [-0.3, -0.25) is 9.98 Å². The minimum absolute atomic E-state index is 0. The van der Waals surface area contributed by atoms with Crippen LogP contribution < -0.4 is 10.6 Å². The number of rotatable bonds is 8. The summed E-state index contributed by atoms with van der Waals surface area (Å²) < 4.78 is 5.29. The second-order valence-electron chi connectivity index (χ2n) is 7.80. The lowest BCUT2D eigenvalue weighted by Gasteiger charge is -2.26. The molecule has 9 heteroatoms. The van der Waals surface area contributed by atoms with Gasteiger partial charge in [0.05, 0.1) is 0 Å². The molecule has 0 saturated carbocycles. The highest BCUT2D eigenvalue weighted by Gasteiger charge is 2.19. The van der Waals surface area contributed by atoms with Crippen LogP contribution in [0.5, 0.6) is 0 Å². The number of nitrogens with one attached hydrogen (secondary N) is 2. The van der Waals surface area contributed by atoms with E-state index in [0.717, 1.165) is 23.9 Å². The fourth-order valence-corrected chi connectivity index (χ4v) is 3.26. The molecule has 3 aromatic rings. The first-order chi connectivity index (χ1) is 14.4. The van der Waals surface area contributed by atoms with E-state index in [0.29, 0.717) is 30.4 Å². The van der Waals surface area contributed by atoms with Gasteiger partial charge < -0.3 is 15.2 Å². The molecule has 0 spiro atoms. The summed E-state index contributed by atoms with van der Waals surface area (Å²) in [5, 5.41) is 11.5. The lowest BCUT2D eigenvalue weighted by molar-refractivity contribution is 0.359. The number of benzene rings is 1. The predicted octanol–water partition coefficient (Wildman–Crippen LogP) is 4.38. The Hall–Kier alpha value is -2.20. The first-order valence-electron chi connectivity index (χ1n) is 9.88. The van der Waals surface area contributed by atoms with Crippen molar-refractivity contribution in [3.63, 3.8) is 0 Å². The lowest BCUT2D eigenvalue weighted by atomic mass is 9.86. The molecule has 0 unspecified atom stereocenters. The molecule has 0 saturated heterocycles. The average molecular weight is 555 g/mol. The van der Waals surface area contributed by atoms with Gasteiger partial charge in [-0.25, -0.2) is 0 Å². The molecule has 0 bridgehead atoms. The molecule has 166 valence electrons. The SMILES string of the molecule is CN=C(NCCc1noc(-c2ccccn2)n1)NCC(C)(C)Cc1cccc(Cl)c1.I. The number of hydrogen-bond donors (Lipinski definition) is 2. The summed E-state index contributed by atoms with van der Waals surface area (Å²) in [7, 11) is 1.76. The van der Waals surface area contributed by atoms with E-state index >= 15 is 0 Å². The summed E-state index contributed by atoms with van der Waals surface area (Å²) in [5.41, 5.74) is 1.93. The van der Waals surface area contributed by atoms with Gasteiger partial charge in [0.15, 0.2) is 11.8 Å². The summed E-state index contributed by atoms with van der Waals surface area (Å²) in [6.07, 6.45) is 3.23. The van der Waals surface area contributed by atoms with E-state index in [-0.39, 0.29) is 29.4 Å². The second kappa shape index (κ2) is 12.0. The van der Waals surface area contributed by atoms with Crippen LogP contribution in [0.4, 0.5) is 0 Å². The van der Waals surface area contributed by atoms with Crippen LogP contribution in [0.3, 0.4) is 0 Å². The van der Waals surface area contributed by atoms with Crippen molar-refractivity contribution < 1.29 is 4.52 Å². The Morgan fingerprint density at radius 1 is 1.16 bits per heavy atom. The summed E-state index contributed by atoms with van der Waals surface area (Å²) in [4.78, 5) is 12.9. The smallest absolute Gasteiger partial charge is 0.276 e. The number of pyridine rings is 1. The topological polar surface area (TPSA) is 88.2 Å². The molecule has 0 radical (unpaired) electrons. The highest BCUT2D eigenvalue weighted by molar-refractivity contribution is 14.0. The normalized spacial score (nSPS) is 11.7. The van der Waals surface area contributed by atoms with Crippen LogP contribution in [0.2, 0.25) is 5.02 Å².